The number of nitrogens with one attached hydrogen (secondary N) is 2. The SMILES string of the molecule is Nc1nc2nc[nH]c2c(OCCOc2ccccc2)[nH+]1. The highest BCUT2D eigenvalue weighted by Gasteiger charge is 2.14. The second-order valence-corrected chi connectivity index (χ2v) is 4.06. The van der Waals surface area contributed by atoms with Crippen molar-refractivity contribution >= 4 is 17.1 Å². The van der Waals surface area contributed by atoms with Crippen molar-refractivity contribution in [2.75, 3.05) is 18.9 Å². The van der Waals surface area contributed by atoms with Crippen LogP contribution in [0.4, 0.5) is 5.95 Å². The highest BCUT2D eigenvalue weighted by molar-refractivity contribution is 5.74. The molecule has 0 bridgehead atoms. The van der Waals surface area contributed by atoms with Gasteiger partial charge in [0.05, 0.1) is 6.33 Å². The van der Waals surface area contributed by atoms with Gasteiger partial charge in [0.1, 0.15) is 19.0 Å². The maximum atomic E-state index is 5.65. The molecule has 4 N–H and O–H groups in total. The Kier molecular flexibility index (Phi) is 3.32. The van der Waals surface area contributed by atoms with Crippen molar-refractivity contribution in [2.24, 2.45) is 0 Å². The first kappa shape index (κ1) is 12.2. The predicted molar refractivity (Wildman–Crippen MR) is 72.3 cm³/mol. The molecule has 0 spiro atoms. The number of hydrogen-bond acceptors (Lipinski definition) is 5. The number of H-pyrrole nitrogens is 2. The van der Waals surface area contributed by atoms with Crippen LogP contribution in [0.5, 0.6) is 11.6 Å². The Morgan fingerprint density at radius 2 is 1.95 bits per heavy atom. The molecule has 0 saturated heterocycles. The molecule has 7 nitrogen and oxygen atoms in total. The van der Waals surface area contributed by atoms with Crippen LogP contribution in [-0.4, -0.2) is 28.2 Å². The summed E-state index contributed by atoms with van der Waals surface area (Å²) in [5, 5.41) is 0. The quantitative estimate of drug-likeness (QED) is 0.669. The monoisotopic (exact) mass is 272 g/mol. The lowest BCUT2D eigenvalue weighted by molar-refractivity contribution is -0.379. The van der Waals surface area contributed by atoms with Crippen LogP contribution in [0.3, 0.4) is 0 Å². The number of imidazole rings is 1. The Morgan fingerprint density at radius 3 is 2.80 bits per heavy atom. The molecule has 2 aromatic heterocycles. The van der Waals surface area contributed by atoms with Crippen LogP contribution >= 0.6 is 0 Å². The van der Waals surface area contributed by atoms with Crippen molar-refractivity contribution in [3.8, 4) is 11.6 Å². The largest absolute Gasteiger partial charge is 0.490 e. The number of nitrogen functional groups attached to an aromatic ring is 1. The molecule has 3 rings (SSSR count). The van der Waals surface area contributed by atoms with E-state index in [2.05, 4.69) is 19.9 Å². The van der Waals surface area contributed by atoms with Gasteiger partial charge in [0.25, 0.3) is 11.5 Å². The van der Waals surface area contributed by atoms with Gasteiger partial charge < -0.3 is 14.5 Å². The number of aromatic amines is 2. The van der Waals surface area contributed by atoms with Gasteiger partial charge in [0, 0.05) is 0 Å². The normalized spacial score (nSPS) is 10.6. The summed E-state index contributed by atoms with van der Waals surface area (Å²) in [6, 6.07) is 9.56. The van der Waals surface area contributed by atoms with Crippen molar-refractivity contribution < 1.29 is 14.5 Å². The molecule has 20 heavy (non-hydrogen) atoms. The number of anilines is 1. The molecule has 7 heteroatoms. The van der Waals surface area contributed by atoms with Crippen LogP contribution < -0.4 is 20.2 Å². The molecule has 0 saturated carbocycles. The Balaban J connectivity index is 1.61. The topological polar surface area (TPSA) is 100 Å². The Labute approximate surface area is 114 Å². The van der Waals surface area contributed by atoms with Gasteiger partial charge in [-0.15, -0.1) is 0 Å². The standard InChI is InChI=1S/C13H13N5O2/c14-13-17-11-10(15-8-16-11)12(18-13)20-7-6-19-9-4-2-1-3-5-9/h1-5,8H,6-7H2,(H3,14,15,16,17,18)/p+1. The summed E-state index contributed by atoms with van der Waals surface area (Å²) < 4.78 is 11.1. The van der Waals surface area contributed by atoms with Crippen molar-refractivity contribution in [3.63, 3.8) is 0 Å². The van der Waals surface area contributed by atoms with E-state index in [9.17, 15) is 0 Å². The fourth-order valence-electron chi connectivity index (χ4n) is 1.79. The van der Waals surface area contributed by atoms with Gasteiger partial charge in [-0.25, -0.2) is 9.97 Å². The van der Waals surface area contributed by atoms with Crippen LogP contribution in [0.15, 0.2) is 36.7 Å². The summed E-state index contributed by atoms with van der Waals surface area (Å²) in [7, 11) is 0. The minimum Gasteiger partial charge on any atom is -0.490 e. The molecule has 0 aliphatic rings. The third-order valence-corrected chi connectivity index (χ3v) is 2.66. The van der Waals surface area contributed by atoms with Crippen LogP contribution in [0, 0.1) is 0 Å². The van der Waals surface area contributed by atoms with Crippen molar-refractivity contribution in [3.05, 3.63) is 36.7 Å². The lowest BCUT2D eigenvalue weighted by Gasteiger charge is -2.07. The van der Waals surface area contributed by atoms with Gasteiger partial charge in [0.2, 0.25) is 0 Å². The minimum atomic E-state index is 0.253. The number of rotatable bonds is 5. The number of nitrogens with two attached hydrogens (primary N) is 1. The summed E-state index contributed by atoms with van der Waals surface area (Å²) in [6.45, 7) is 0.804. The number of benzene rings is 1. The molecule has 0 aliphatic carbocycles. The highest BCUT2D eigenvalue weighted by Crippen LogP contribution is 2.15. The molecule has 0 unspecified atom stereocenters. The molecule has 0 amide bonds. The molecular formula is C13H14N5O2+. The third-order valence-electron chi connectivity index (χ3n) is 2.66. The lowest BCUT2D eigenvalue weighted by Crippen LogP contribution is -2.19. The van der Waals surface area contributed by atoms with E-state index in [-0.39, 0.29) is 5.95 Å². The first-order chi connectivity index (χ1) is 9.83. The van der Waals surface area contributed by atoms with E-state index in [1.807, 2.05) is 30.3 Å². The Morgan fingerprint density at radius 1 is 1.15 bits per heavy atom. The van der Waals surface area contributed by atoms with Crippen LogP contribution in [0.25, 0.3) is 11.2 Å². The van der Waals surface area contributed by atoms with Crippen LogP contribution in [0.1, 0.15) is 0 Å². The Hall–Kier alpha value is -2.83. The lowest BCUT2D eigenvalue weighted by atomic mass is 10.3. The van der Waals surface area contributed by atoms with Gasteiger partial charge >= 0.3 is 5.95 Å². The van der Waals surface area contributed by atoms with Gasteiger partial charge in [-0.3, -0.25) is 5.73 Å². The maximum Gasteiger partial charge on any atom is 0.392 e. The number of para-hydroxylation sites is 1. The molecule has 0 fully saturated rings. The summed E-state index contributed by atoms with van der Waals surface area (Å²) in [5.41, 5.74) is 6.84. The third kappa shape index (κ3) is 2.61. The van der Waals surface area contributed by atoms with Gasteiger partial charge in [-0.05, 0) is 17.1 Å². The van der Waals surface area contributed by atoms with Crippen molar-refractivity contribution in [2.45, 2.75) is 0 Å². The molecule has 1 aromatic carbocycles. The molecule has 0 radical (unpaired) electrons. The molecule has 3 aromatic rings. The predicted octanol–water partition coefficient (Wildman–Crippen LogP) is 0.812. The number of fused-ring (bicyclic) bond motifs is 1. The zero-order chi connectivity index (χ0) is 13.8. The van der Waals surface area contributed by atoms with E-state index in [1.54, 1.807) is 0 Å². The molecular weight excluding hydrogens is 258 g/mol. The van der Waals surface area contributed by atoms with E-state index in [4.69, 9.17) is 15.2 Å². The minimum absolute atomic E-state index is 0.253. The molecule has 102 valence electrons. The van der Waals surface area contributed by atoms with E-state index in [1.165, 1.54) is 6.33 Å². The average Bonchev–Trinajstić information content (AvgIpc) is 2.92. The van der Waals surface area contributed by atoms with E-state index in [0.717, 1.165) is 5.75 Å². The second kappa shape index (κ2) is 5.43. The van der Waals surface area contributed by atoms with Gasteiger partial charge in [-0.1, -0.05) is 18.2 Å². The fourth-order valence-corrected chi connectivity index (χ4v) is 1.79. The number of nitrogens with zero attached hydrogens (tertiary/aromatic N) is 2. The highest BCUT2D eigenvalue weighted by atomic mass is 16.5. The average molecular weight is 272 g/mol. The maximum absolute atomic E-state index is 5.65. The zero-order valence-corrected chi connectivity index (χ0v) is 10.7. The summed E-state index contributed by atoms with van der Waals surface area (Å²) >= 11 is 0. The first-order valence-corrected chi connectivity index (χ1v) is 6.15. The van der Waals surface area contributed by atoms with Crippen LogP contribution in [0.2, 0.25) is 0 Å². The molecule has 0 aliphatic heterocycles. The first-order valence-electron chi connectivity index (χ1n) is 6.15. The van der Waals surface area contributed by atoms with E-state index >= 15 is 0 Å². The summed E-state index contributed by atoms with van der Waals surface area (Å²) in [6.07, 6.45) is 1.54. The summed E-state index contributed by atoms with van der Waals surface area (Å²) in [4.78, 5) is 13.9. The van der Waals surface area contributed by atoms with Gasteiger partial charge in [-0.2, -0.15) is 0 Å². The van der Waals surface area contributed by atoms with E-state index < -0.39 is 0 Å². The van der Waals surface area contributed by atoms with E-state index in [0.29, 0.717) is 30.3 Å². The fraction of sp³-hybridized carbons (Fsp3) is 0.154. The summed E-state index contributed by atoms with van der Waals surface area (Å²) in [5.74, 6) is 1.56. The number of ether oxygens (including phenoxy) is 2. The number of hydrogen-bond donors (Lipinski definition) is 2. The van der Waals surface area contributed by atoms with Crippen molar-refractivity contribution in [1.82, 2.24) is 15.0 Å². The van der Waals surface area contributed by atoms with Crippen molar-refractivity contribution in [1.29, 1.82) is 0 Å². The zero-order valence-electron chi connectivity index (χ0n) is 10.7. The smallest absolute Gasteiger partial charge is 0.392 e. The molecule has 2 heterocycles. The molecule has 0 atom stereocenters. The van der Waals surface area contributed by atoms with Crippen LogP contribution in [-0.2, 0) is 0 Å². The van der Waals surface area contributed by atoms with Gasteiger partial charge in [0.15, 0.2) is 5.52 Å². The second-order valence-electron chi connectivity index (χ2n) is 4.06. The Bertz CT molecular complexity index is 698. The number of aromatic nitrogens is 4.